The number of fused-ring (bicyclic) bond motifs is 2. The highest BCUT2D eigenvalue weighted by atomic mass is 19.4. The van der Waals surface area contributed by atoms with Gasteiger partial charge in [-0.05, 0) is 61.6 Å². The number of hydrogen-bond donors (Lipinski definition) is 2. The third-order valence-electron chi connectivity index (χ3n) is 6.70. The van der Waals surface area contributed by atoms with Crippen molar-refractivity contribution in [1.29, 1.82) is 0 Å². The third-order valence-corrected chi connectivity index (χ3v) is 6.70. The third kappa shape index (κ3) is 3.99. The molecule has 0 atom stereocenters. The van der Waals surface area contributed by atoms with Crippen LogP contribution in [0, 0.1) is 0 Å². The van der Waals surface area contributed by atoms with E-state index >= 15 is 0 Å². The first kappa shape index (κ1) is 22.3. The zero-order chi connectivity index (χ0) is 24.1. The molecule has 2 aliphatic heterocycles. The minimum Gasteiger partial charge on any atom is -0.486 e. The lowest BCUT2D eigenvalue weighted by Gasteiger charge is -2.46. The Balaban J connectivity index is 1.43. The molecule has 1 saturated carbocycles. The van der Waals surface area contributed by atoms with E-state index in [1.807, 2.05) is 13.0 Å². The molecule has 0 unspecified atom stereocenters. The molecule has 3 amide bonds. The number of carbonyl (C=O) groups is 2. The molecule has 0 saturated heterocycles. The predicted molar refractivity (Wildman–Crippen MR) is 122 cm³/mol. The fourth-order valence-corrected chi connectivity index (χ4v) is 4.81. The van der Waals surface area contributed by atoms with Gasteiger partial charge in [-0.25, -0.2) is 4.79 Å². The minimum absolute atomic E-state index is 0.165. The van der Waals surface area contributed by atoms with Crippen LogP contribution in [0.1, 0.15) is 49.3 Å². The first-order chi connectivity index (χ1) is 16.2. The van der Waals surface area contributed by atoms with Crippen LogP contribution in [-0.2, 0) is 17.5 Å². The highest BCUT2D eigenvalue weighted by Gasteiger charge is 2.44. The van der Waals surface area contributed by atoms with Gasteiger partial charge in [0.1, 0.15) is 11.4 Å². The number of urea groups is 1. The van der Waals surface area contributed by atoms with Crippen LogP contribution in [0.3, 0.4) is 0 Å². The van der Waals surface area contributed by atoms with Crippen molar-refractivity contribution in [2.45, 2.75) is 50.9 Å². The second kappa shape index (κ2) is 8.07. The van der Waals surface area contributed by atoms with Crippen molar-refractivity contribution in [3.63, 3.8) is 0 Å². The van der Waals surface area contributed by atoms with Gasteiger partial charge >= 0.3 is 12.2 Å². The van der Waals surface area contributed by atoms with Crippen LogP contribution in [-0.4, -0.2) is 24.1 Å². The van der Waals surface area contributed by atoms with E-state index in [4.69, 9.17) is 4.74 Å². The summed E-state index contributed by atoms with van der Waals surface area (Å²) in [6.07, 6.45) is -0.155. The largest absolute Gasteiger partial charge is 0.486 e. The average molecular weight is 471 g/mol. The van der Waals surface area contributed by atoms with Crippen LogP contribution in [0.2, 0.25) is 0 Å². The lowest BCUT2D eigenvalue weighted by molar-refractivity contribution is -0.138. The molecule has 6 nitrogen and oxygen atoms in total. The fraction of sp³-hybridized carbons (Fsp3) is 0.360. The molecule has 2 N–H and O–H groups in total. The molecular formula is C25H24F3N3O3. The number of alkyl halides is 3. The van der Waals surface area contributed by atoms with Crippen LogP contribution in [0.5, 0.6) is 5.75 Å². The molecule has 2 aromatic rings. The molecular weight excluding hydrogens is 447 g/mol. The Morgan fingerprint density at radius 1 is 1.24 bits per heavy atom. The van der Waals surface area contributed by atoms with E-state index in [0.29, 0.717) is 36.3 Å². The standard InChI is InChI=1S/C25H24F3N3O3/c1-2-31-20-12-18(6-4-15(20)14-29-23(31)33)30-22(32)10-16-13-24(8-3-9-24)34-21-11-17(25(26,27)28)5-7-19(16)21/h4-7,10-12H,2-3,8-9,13-14H2,1H3,(H,29,33)(H,30,32). The SMILES string of the molecule is CCN1C(=O)NCc2ccc(NC(=O)C=C3CC4(CCC4)Oc4cc(C(F)(F)F)ccc43)cc21. The Bertz CT molecular complexity index is 1200. The van der Waals surface area contributed by atoms with E-state index < -0.39 is 17.3 Å². The number of carbonyl (C=O) groups excluding carboxylic acids is 2. The van der Waals surface area contributed by atoms with Gasteiger partial charge in [0.15, 0.2) is 0 Å². The van der Waals surface area contributed by atoms with Gasteiger partial charge in [-0.2, -0.15) is 13.2 Å². The first-order valence-corrected chi connectivity index (χ1v) is 11.3. The zero-order valence-corrected chi connectivity index (χ0v) is 18.6. The van der Waals surface area contributed by atoms with Crippen LogP contribution < -0.4 is 20.3 Å². The van der Waals surface area contributed by atoms with Crippen molar-refractivity contribution >= 4 is 28.9 Å². The van der Waals surface area contributed by atoms with Crippen LogP contribution in [0.15, 0.2) is 42.5 Å². The summed E-state index contributed by atoms with van der Waals surface area (Å²) in [7, 11) is 0. The summed E-state index contributed by atoms with van der Waals surface area (Å²) in [4.78, 5) is 26.6. The molecule has 1 aliphatic carbocycles. The lowest BCUT2D eigenvalue weighted by Crippen LogP contribution is -2.45. The van der Waals surface area contributed by atoms with E-state index in [1.165, 1.54) is 12.1 Å². The molecule has 3 aliphatic rings. The van der Waals surface area contributed by atoms with Gasteiger partial charge in [-0.3, -0.25) is 9.69 Å². The number of hydrogen-bond acceptors (Lipinski definition) is 3. The van der Waals surface area contributed by atoms with Crippen molar-refractivity contribution in [3.8, 4) is 5.75 Å². The van der Waals surface area contributed by atoms with Crippen LogP contribution in [0.25, 0.3) is 5.57 Å². The number of amides is 3. The van der Waals surface area contributed by atoms with Crippen LogP contribution >= 0.6 is 0 Å². The summed E-state index contributed by atoms with van der Waals surface area (Å²) in [5.41, 5.74) is 2.05. The van der Waals surface area contributed by atoms with Gasteiger partial charge in [-0.1, -0.05) is 12.1 Å². The van der Waals surface area contributed by atoms with Gasteiger partial charge in [0, 0.05) is 36.8 Å². The smallest absolute Gasteiger partial charge is 0.416 e. The number of rotatable bonds is 3. The molecule has 2 heterocycles. The molecule has 1 fully saturated rings. The summed E-state index contributed by atoms with van der Waals surface area (Å²) < 4.78 is 45.7. The maximum Gasteiger partial charge on any atom is 0.416 e. The van der Waals surface area contributed by atoms with Gasteiger partial charge in [-0.15, -0.1) is 0 Å². The maximum atomic E-state index is 13.2. The minimum atomic E-state index is -4.47. The average Bonchev–Trinajstić information content (AvgIpc) is 2.76. The molecule has 0 bridgehead atoms. The fourth-order valence-electron chi connectivity index (χ4n) is 4.81. The van der Waals surface area contributed by atoms with Gasteiger partial charge in [0.05, 0.1) is 11.3 Å². The maximum absolute atomic E-state index is 13.2. The normalized spacial score (nSPS) is 19.6. The predicted octanol–water partition coefficient (Wildman–Crippen LogP) is 5.48. The lowest BCUT2D eigenvalue weighted by atomic mass is 9.72. The molecule has 1 spiro atoms. The second-order valence-corrected chi connectivity index (χ2v) is 8.93. The number of nitrogens with zero attached hydrogens (tertiary/aromatic N) is 1. The monoisotopic (exact) mass is 471 g/mol. The second-order valence-electron chi connectivity index (χ2n) is 8.93. The summed E-state index contributed by atoms with van der Waals surface area (Å²) in [5, 5.41) is 5.64. The number of halogens is 3. The highest BCUT2D eigenvalue weighted by molar-refractivity contribution is 6.05. The summed E-state index contributed by atoms with van der Waals surface area (Å²) in [5.74, 6) is -0.223. The van der Waals surface area contributed by atoms with Crippen LogP contribution in [0.4, 0.5) is 29.3 Å². The quantitative estimate of drug-likeness (QED) is 0.583. The van der Waals surface area contributed by atoms with Gasteiger partial charge in [0.2, 0.25) is 5.91 Å². The van der Waals surface area contributed by atoms with Crippen molar-refractivity contribution in [2.75, 3.05) is 16.8 Å². The van der Waals surface area contributed by atoms with Gasteiger partial charge < -0.3 is 15.4 Å². The summed E-state index contributed by atoms with van der Waals surface area (Å²) >= 11 is 0. The number of nitrogens with one attached hydrogen (secondary N) is 2. The molecule has 9 heteroatoms. The molecule has 34 heavy (non-hydrogen) atoms. The molecule has 0 radical (unpaired) electrons. The topological polar surface area (TPSA) is 70.7 Å². The van der Waals surface area contributed by atoms with E-state index in [1.54, 1.807) is 17.0 Å². The number of benzene rings is 2. The summed E-state index contributed by atoms with van der Waals surface area (Å²) in [6.45, 7) is 2.77. The Hall–Kier alpha value is -3.49. The van der Waals surface area contributed by atoms with E-state index in [-0.39, 0.29) is 17.7 Å². The highest BCUT2D eigenvalue weighted by Crippen LogP contribution is 2.50. The van der Waals surface area contributed by atoms with E-state index in [0.717, 1.165) is 42.6 Å². The molecule has 178 valence electrons. The number of ether oxygens (including phenoxy) is 1. The Morgan fingerprint density at radius 2 is 2.03 bits per heavy atom. The van der Waals surface area contributed by atoms with E-state index in [9.17, 15) is 22.8 Å². The van der Waals surface area contributed by atoms with E-state index in [2.05, 4.69) is 10.6 Å². The molecule has 0 aromatic heterocycles. The molecule has 5 rings (SSSR count). The summed E-state index contributed by atoms with van der Waals surface area (Å²) in [6, 6.07) is 8.60. The Kier molecular flexibility index (Phi) is 5.30. The van der Waals surface area contributed by atoms with Crippen molar-refractivity contribution in [2.24, 2.45) is 0 Å². The van der Waals surface area contributed by atoms with Crippen molar-refractivity contribution < 1.29 is 27.5 Å². The first-order valence-electron chi connectivity index (χ1n) is 11.3. The Morgan fingerprint density at radius 3 is 2.71 bits per heavy atom. The van der Waals surface area contributed by atoms with Crippen molar-refractivity contribution in [3.05, 3.63) is 59.2 Å². The number of anilines is 2. The van der Waals surface area contributed by atoms with Crippen molar-refractivity contribution in [1.82, 2.24) is 5.32 Å². The molecule has 2 aromatic carbocycles. The Labute approximate surface area is 194 Å². The zero-order valence-electron chi connectivity index (χ0n) is 18.6. The van der Waals surface area contributed by atoms with Gasteiger partial charge in [0.25, 0.3) is 0 Å².